The first-order valence-electron chi connectivity index (χ1n) is 5.54. The summed E-state index contributed by atoms with van der Waals surface area (Å²) in [5, 5.41) is 17.6. The normalized spacial score (nSPS) is 9.35. The van der Waals surface area contributed by atoms with Crippen LogP contribution in [0.3, 0.4) is 0 Å². The lowest BCUT2D eigenvalue weighted by atomic mass is 10.1. The number of nitriles is 2. The van der Waals surface area contributed by atoms with Crippen molar-refractivity contribution < 1.29 is 13.9 Å². The van der Waals surface area contributed by atoms with E-state index in [0.29, 0.717) is 11.8 Å². The van der Waals surface area contributed by atoms with Gasteiger partial charge in [0.2, 0.25) is 0 Å². The van der Waals surface area contributed by atoms with E-state index in [-0.39, 0.29) is 22.6 Å². The summed E-state index contributed by atoms with van der Waals surface area (Å²) < 4.78 is 18.8. The molecule has 0 saturated carbocycles. The van der Waals surface area contributed by atoms with E-state index in [0.717, 1.165) is 6.07 Å². The molecule has 20 heavy (non-hydrogen) atoms. The third-order valence-corrected chi connectivity index (χ3v) is 2.55. The quantitative estimate of drug-likeness (QED) is 0.799. The molecule has 0 unspecified atom stereocenters. The monoisotopic (exact) mass is 266 g/mol. The van der Waals surface area contributed by atoms with Crippen LogP contribution in [-0.2, 0) is 0 Å². The van der Waals surface area contributed by atoms with Crippen molar-refractivity contribution in [2.45, 2.75) is 0 Å². The molecule has 0 saturated heterocycles. The third kappa shape index (κ3) is 2.63. The summed E-state index contributed by atoms with van der Waals surface area (Å²) in [7, 11) is 0. The number of aldehydes is 1. The third-order valence-electron chi connectivity index (χ3n) is 2.55. The minimum Gasteiger partial charge on any atom is -0.456 e. The van der Waals surface area contributed by atoms with Gasteiger partial charge in [0.25, 0.3) is 0 Å². The zero-order valence-electron chi connectivity index (χ0n) is 10.1. The second-order valence-corrected chi connectivity index (χ2v) is 3.84. The Kier molecular flexibility index (Phi) is 3.74. The summed E-state index contributed by atoms with van der Waals surface area (Å²) in [6.45, 7) is 0. The van der Waals surface area contributed by atoms with Crippen LogP contribution in [0.4, 0.5) is 4.39 Å². The Morgan fingerprint density at radius 3 is 2.40 bits per heavy atom. The van der Waals surface area contributed by atoms with Crippen molar-refractivity contribution in [3.63, 3.8) is 0 Å². The van der Waals surface area contributed by atoms with Crippen LogP contribution in [0.15, 0.2) is 36.4 Å². The number of carbonyl (C=O) groups excluding carboxylic acids is 1. The lowest BCUT2D eigenvalue weighted by Gasteiger charge is -2.08. The molecule has 0 aliphatic rings. The Balaban J connectivity index is 2.35. The maximum Gasteiger partial charge on any atom is 0.150 e. The molecule has 2 aromatic carbocycles. The maximum atomic E-state index is 13.4. The van der Waals surface area contributed by atoms with Crippen molar-refractivity contribution >= 4 is 6.29 Å². The van der Waals surface area contributed by atoms with Crippen molar-refractivity contribution in [3.8, 4) is 23.6 Å². The lowest BCUT2D eigenvalue weighted by Crippen LogP contribution is -1.92. The molecule has 96 valence electrons. The minimum absolute atomic E-state index is 0.0887. The topological polar surface area (TPSA) is 73.9 Å². The first-order chi connectivity index (χ1) is 9.67. The van der Waals surface area contributed by atoms with Crippen LogP contribution in [0.1, 0.15) is 21.5 Å². The second-order valence-electron chi connectivity index (χ2n) is 3.84. The predicted octanol–water partition coefficient (Wildman–Crippen LogP) is 3.17. The van der Waals surface area contributed by atoms with E-state index in [1.807, 2.05) is 6.07 Å². The van der Waals surface area contributed by atoms with Gasteiger partial charge in [-0.2, -0.15) is 10.5 Å². The van der Waals surface area contributed by atoms with Crippen LogP contribution in [0.25, 0.3) is 0 Å². The van der Waals surface area contributed by atoms with Crippen molar-refractivity contribution in [3.05, 3.63) is 58.9 Å². The summed E-state index contributed by atoms with van der Waals surface area (Å²) >= 11 is 0. The minimum atomic E-state index is -0.701. The molecule has 0 aliphatic carbocycles. The number of benzene rings is 2. The molecule has 0 bridgehead atoms. The fraction of sp³-hybridized carbons (Fsp3) is 0. The number of ether oxygens (including phenoxy) is 1. The van der Waals surface area contributed by atoms with Crippen LogP contribution < -0.4 is 4.74 Å². The predicted molar refractivity (Wildman–Crippen MR) is 67.7 cm³/mol. The van der Waals surface area contributed by atoms with E-state index in [9.17, 15) is 9.18 Å². The van der Waals surface area contributed by atoms with Gasteiger partial charge in [-0.15, -0.1) is 0 Å². The van der Waals surface area contributed by atoms with E-state index in [2.05, 4.69) is 0 Å². The van der Waals surface area contributed by atoms with Crippen LogP contribution in [0, 0.1) is 28.5 Å². The highest BCUT2D eigenvalue weighted by Crippen LogP contribution is 2.26. The molecule has 2 rings (SSSR count). The Labute approximate surface area is 114 Å². The molecule has 0 heterocycles. The van der Waals surface area contributed by atoms with Gasteiger partial charge in [-0.25, -0.2) is 4.39 Å². The van der Waals surface area contributed by atoms with Gasteiger partial charge in [0, 0.05) is 11.6 Å². The van der Waals surface area contributed by atoms with Gasteiger partial charge >= 0.3 is 0 Å². The van der Waals surface area contributed by atoms with Gasteiger partial charge in [-0.1, -0.05) is 0 Å². The Morgan fingerprint density at radius 1 is 1.05 bits per heavy atom. The number of carbonyl (C=O) groups is 1. The van der Waals surface area contributed by atoms with Gasteiger partial charge in [0.15, 0.2) is 0 Å². The van der Waals surface area contributed by atoms with Crippen LogP contribution >= 0.6 is 0 Å². The molecular weight excluding hydrogens is 259 g/mol. The number of hydrogen-bond donors (Lipinski definition) is 0. The van der Waals surface area contributed by atoms with Gasteiger partial charge in [0.05, 0.1) is 11.1 Å². The molecule has 4 nitrogen and oxygen atoms in total. The van der Waals surface area contributed by atoms with Crippen LogP contribution in [0.5, 0.6) is 11.5 Å². The smallest absolute Gasteiger partial charge is 0.150 e. The Bertz CT molecular complexity index is 757. The summed E-state index contributed by atoms with van der Waals surface area (Å²) in [4.78, 5) is 10.6. The molecule has 0 N–H and O–H groups in total. The average molecular weight is 266 g/mol. The van der Waals surface area contributed by atoms with Gasteiger partial charge in [-0.3, -0.25) is 4.79 Å². The zero-order chi connectivity index (χ0) is 14.5. The number of nitrogens with zero attached hydrogens (tertiary/aromatic N) is 2. The largest absolute Gasteiger partial charge is 0.456 e. The average Bonchev–Trinajstić information content (AvgIpc) is 2.48. The Morgan fingerprint density at radius 2 is 1.80 bits per heavy atom. The highest BCUT2D eigenvalue weighted by Gasteiger charge is 2.08. The molecule has 0 aromatic heterocycles. The summed E-state index contributed by atoms with van der Waals surface area (Å²) in [5.41, 5.74) is 0.424. The highest BCUT2D eigenvalue weighted by atomic mass is 19.1. The van der Waals surface area contributed by atoms with Crippen molar-refractivity contribution in [1.82, 2.24) is 0 Å². The van der Waals surface area contributed by atoms with Crippen LogP contribution in [0.2, 0.25) is 0 Å². The molecular formula is C15H7FN2O2. The van der Waals surface area contributed by atoms with Crippen molar-refractivity contribution in [1.29, 1.82) is 10.5 Å². The fourth-order valence-electron chi connectivity index (χ4n) is 1.57. The zero-order valence-corrected chi connectivity index (χ0v) is 10.1. The fourth-order valence-corrected chi connectivity index (χ4v) is 1.57. The molecule has 0 spiro atoms. The van der Waals surface area contributed by atoms with Gasteiger partial charge in [-0.05, 0) is 30.3 Å². The molecule has 0 fully saturated rings. The van der Waals surface area contributed by atoms with Crippen molar-refractivity contribution in [2.24, 2.45) is 0 Å². The molecule has 0 amide bonds. The molecule has 0 aliphatic heterocycles. The van der Waals surface area contributed by atoms with E-state index < -0.39 is 5.82 Å². The standard InChI is InChI=1S/C15H7FN2O2/c16-14-6-13(3-2-11(14)7-17)20-15-4-1-10(9-19)5-12(15)8-18/h1-6,9H. The molecule has 5 heteroatoms. The summed E-state index contributed by atoms with van der Waals surface area (Å²) in [6.07, 6.45) is 0.617. The van der Waals surface area contributed by atoms with E-state index >= 15 is 0 Å². The van der Waals surface area contributed by atoms with Crippen molar-refractivity contribution in [2.75, 3.05) is 0 Å². The maximum absolute atomic E-state index is 13.4. The Hall–Kier alpha value is -3.18. The van der Waals surface area contributed by atoms with Gasteiger partial charge < -0.3 is 4.74 Å². The molecule has 0 atom stereocenters. The van der Waals surface area contributed by atoms with E-state index in [1.165, 1.54) is 30.3 Å². The first kappa shape index (κ1) is 13.3. The summed E-state index contributed by atoms with van der Waals surface area (Å²) in [5.74, 6) is -0.327. The molecule has 0 radical (unpaired) electrons. The van der Waals surface area contributed by atoms with E-state index in [1.54, 1.807) is 6.07 Å². The summed E-state index contributed by atoms with van der Waals surface area (Å²) in [6, 6.07) is 11.7. The number of rotatable bonds is 3. The number of halogens is 1. The molecule has 2 aromatic rings. The lowest BCUT2D eigenvalue weighted by molar-refractivity contribution is 0.112. The van der Waals surface area contributed by atoms with Crippen LogP contribution in [-0.4, -0.2) is 6.29 Å². The van der Waals surface area contributed by atoms with Gasteiger partial charge in [0.1, 0.15) is 35.7 Å². The SMILES string of the molecule is N#Cc1ccc(Oc2ccc(C=O)cc2C#N)cc1F. The second kappa shape index (κ2) is 5.64. The highest BCUT2D eigenvalue weighted by molar-refractivity contribution is 5.76. The first-order valence-corrected chi connectivity index (χ1v) is 5.54. The van der Waals surface area contributed by atoms with E-state index in [4.69, 9.17) is 15.3 Å². The number of hydrogen-bond acceptors (Lipinski definition) is 4.